The summed E-state index contributed by atoms with van der Waals surface area (Å²) in [5.74, 6) is 2.04. The predicted octanol–water partition coefficient (Wildman–Crippen LogP) is 17.2. The maximum absolute atomic E-state index is 5.04. The minimum Gasteiger partial charge on any atom is -0.309 e. The van der Waals surface area contributed by atoms with Crippen molar-refractivity contribution in [2.45, 2.75) is 69.2 Å². The lowest BCUT2D eigenvalue weighted by Crippen LogP contribution is -2.06. The molecule has 0 aliphatic rings. The SMILES string of the molecule is Cc1nc(C)nc(-c2cc(-c3ccc(-n4c5ccccc5c5ccccc54)cc3)c(-n3c4c(C)c(C)c(C)c(C)c4c4c(C)c(C)c(C)c(C)c43)c(-c3ccc(-n4c5ccccc5c5ccccc54)cc3)c2)n1. The predicted molar refractivity (Wildman–Crippen MR) is 307 cm³/mol. The van der Waals surface area contributed by atoms with Crippen molar-refractivity contribution in [1.82, 2.24) is 28.7 Å². The zero-order valence-electron chi connectivity index (χ0n) is 43.2. The number of benzene rings is 9. The Morgan fingerprint density at radius 3 is 0.986 bits per heavy atom. The van der Waals surface area contributed by atoms with Gasteiger partial charge in [-0.3, -0.25) is 0 Å². The van der Waals surface area contributed by atoms with Crippen LogP contribution in [0.5, 0.6) is 0 Å². The van der Waals surface area contributed by atoms with Gasteiger partial charge < -0.3 is 13.7 Å². The van der Waals surface area contributed by atoms with Gasteiger partial charge in [-0.05, 0) is 186 Å². The standard InChI is InChI=1S/C67H56N6/c1-37-39(3)43(7)64-62(41(37)5)63-42(6)38(2)40(4)44(8)65(63)73(64)66-56(47-27-31-50(32-28-47)71-58-23-15-11-19-52(58)53-20-12-16-24-59(53)71)35-49(67-69-45(9)68-46(10)70-67)36-57(66)48-29-33-51(34-30-48)72-60-25-17-13-21-54(60)55-22-14-18-26-61(55)72/h11-36H,1-10H3. The Morgan fingerprint density at radius 2 is 0.630 bits per heavy atom. The summed E-state index contributed by atoms with van der Waals surface area (Å²) in [6.07, 6.45) is 0. The molecule has 73 heavy (non-hydrogen) atoms. The third kappa shape index (κ3) is 6.52. The number of aryl methyl sites for hydroxylation is 6. The molecule has 0 saturated heterocycles. The average Bonchev–Trinajstić information content (AvgIpc) is 4.08. The van der Waals surface area contributed by atoms with Crippen molar-refractivity contribution in [3.63, 3.8) is 0 Å². The first-order valence-corrected chi connectivity index (χ1v) is 25.5. The van der Waals surface area contributed by atoms with E-state index in [-0.39, 0.29) is 0 Å². The average molecular weight is 945 g/mol. The van der Waals surface area contributed by atoms with E-state index in [1.165, 1.54) is 110 Å². The maximum Gasteiger partial charge on any atom is 0.163 e. The summed E-state index contributed by atoms with van der Waals surface area (Å²) in [4.78, 5) is 14.7. The summed E-state index contributed by atoms with van der Waals surface area (Å²) < 4.78 is 7.44. The van der Waals surface area contributed by atoms with E-state index in [0.717, 1.165) is 44.9 Å². The molecule has 0 N–H and O–H groups in total. The zero-order chi connectivity index (χ0) is 50.1. The Bertz CT molecular complexity index is 4080. The van der Waals surface area contributed by atoms with E-state index in [1.807, 2.05) is 13.8 Å². The first kappa shape index (κ1) is 44.3. The van der Waals surface area contributed by atoms with E-state index in [1.54, 1.807) is 0 Å². The number of hydrogen-bond donors (Lipinski definition) is 0. The van der Waals surface area contributed by atoms with Crippen molar-refractivity contribution in [2.24, 2.45) is 0 Å². The van der Waals surface area contributed by atoms with E-state index in [9.17, 15) is 0 Å². The van der Waals surface area contributed by atoms with Gasteiger partial charge in [-0.15, -0.1) is 0 Å². The van der Waals surface area contributed by atoms with Gasteiger partial charge in [-0.2, -0.15) is 0 Å². The molecule has 6 heteroatoms. The Labute approximate surface area is 425 Å². The molecule has 0 saturated carbocycles. The van der Waals surface area contributed by atoms with Gasteiger partial charge in [-0.25, -0.2) is 15.0 Å². The summed E-state index contributed by atoms with van der Waals surface area (Å²) in [6, 6.07) is 58.0. The van der Waals surface area contributed by atoms with Crippen molar-refractivity contribution in [3.05, 3.63) is 214 Å². The Kier molecular flexibility index (Phi) is 10.0. The molecule has 0 unspecified atom stereocenters. The molecule has 13 aromatic rings. The minimum absolute atomic E-state index is 0.655. The monoisotopic (exact) mass is 944 g/mol. The van der Waals surface area contributed by atoms with Gasteiger partial charge in [0.15, 0.2) is 5.82 Å². The molecule has 4 aromatic heterocycles. The summed E-state index contributed by atoms with van der Waals surface area (Å²) in [5.41, 5.74) is 26.4. The molecular weight excluding hydrogens is 889 g/mol. The fourth-order valence-corrected chi connectivity index (χ4v) is 12.3. The van der Waals surface area contributed by atoms with Crippen molar-refractivity contribution in [3.8, 4) is 50.7 Å². The molecule has 4 heterocycles. The Balaban J connectivity index is 1.16. The van der Waals surface area contributed by atoms with Crippen LogP contribution >= 0.6 is 0 Å². The smallest absolute Gasteiger partial charge is 0.163 e. The molecule has 0 bridgehead atoms. The molecule has 9 aromatic carbocycles. The van der Waals surface area contributed by atoms with Crippen LogP contribution in [0.3, 0.4) is 0 Å². The first-order chi connectivity index (χ1) is 35.4. The maximum atomic E-state index is 5.04. The lowest BCUT2D eigenvalue weighted by Gasteiger charge is -2.23. The van der Waals surface area contributed by atoms with Crippen LogP contribution in [0.2, 0.25) is 0 Å². The quantitative estimate of drug-likeness (QED) is 0.167. The number of para-hydroxylation sites is 4. The van der Waals surface area contributed by atoms with Crippen LogP contribution < -0.4 is 0 Å². The van der Waals surface area contributed by atoms with Gasteiger partial charge in [-0.1, -0.05) is 97.1 Å². The summed E-state index contributed by atoms with van der Waals surface area (Å²) >= 11 is 0. The van der Waals surface area contributed by atoms with E-state index >= 15 is 0 Å². The number of fused-ring (bicyclic) bond motifs is 9. The van der Waals surface area contributed by atoms with Crippen LogP contribution in [0, 0.1) is 69.2 Å². The fraction of sp³-hybridized carbons (Fsp3) is 0.149. The molecule has 0 radical (unpaired) electrons. The molecule has 0 fully saturated rings. The third-order valence-corrected chi connectivity index (χ3v) is 16.5. The van der Waals surface area contributed by atoms with E-state index in [0.29, 0.717) is 17.5 Å². The molecular formula is C67H56N6. The molecule has 0 atom stereocenters. The van der Waals surface area contributed by atoms with Gasteiger partial charge in [0.05, 0.1) is 38.8 Å². The number of nitrogens with zero attached hydrogens (tertiary/aromatic N) is 6. The van der Waals surface area contributed by atoms with E-state index < -0.39 is 0 Å². The second-order valence-electron chi connectivity index (χ2n) is 20.3. The largest absolute Gasteiger partial charge is 0.309 e. The second-order valence-corrected chi connectivity index (χ2v) is 20.3. The molecule has 0 aliphatic carbocycles. The number of hydrogen-bond acceptors (Lipinski definition) is 3. The van der Waals surface area contributed by atoms with Gasteiger partial charge in [0.2, 0.25) is 0 Å². The van der Waals surface area contributed by atoms with Crippen LogP contribution in [0.1, 0.15) is 56.2 Å². The van der Waals surface area contributed by atoms with E-state index in [4.69, 9.17) is 9.97 Å². The van der Waals surface area contributed by atoms with Crippen molar-refractivity contribution in [1.29, 1.82) is 0 Å². The van der Waals surface area contributed by atoms with Gasteiger partial charge >= 0.3 is 0 Å². The summed E-state index contributed by atoms with van der Waals surface area (Å²) in [5, 5.41) is 7.63. The number of rotatable bonds is 6. The highest BCUT2D eigenvalue weighted by Gasteiger charge is 2.28. The van der Waals surface area contributed by atoms with Crippen LogP contribution in [0.15, 0.2) is 158 Å². The van der Waals surface area contributed by atoms with Gasteiger partial charge in [0, 0.05) is 60.4 Å². The molecule has 13 rings (SSSR count). The third-order valence-electron chi connectivity index (χ3n) is 16.5. The molecule has 354 valence electrons. The molecule has 6 nitrogen and oxygen atoms in total. The molecule has 0 spiro atoms. The minimum atomic E-state index is 0.655. The van der Waals surface area contributed by atoms with Crippen molar-refractivity contribution < 1.29 is 0 Å². The van der Waals surface area contributed by atoms with Gasteiger partial charge in [0.25, 0.3) is 0 Å². The van der Waals surface area contributed by atoms with Gasteiger partial charge in [0.1, 0.15) is 11.6 Å². The van der Waals surface area contributed by atoms with Crippen LogP contribution in [0.25, 0.3) is 116 Å². The Hall–Kier alpha value is -8.61. The summed E-state index contributed by atoms with van der Waals surface area (Å²) in [7, 11) is 0. The normalized spacial score (nSPS) is 12.0. The van der Waals surface area contributed by atoms with Crippen molar-refractivity contribution in [2.75, 3.05) is 0 Å². The van der Waals surface area contributed by atoms with Crippen LogP contribution in [0.4, 0.5) is 0 Å². The van der Waals surface area contributed by atoms with Crippen molar-refractivity contribution >= 4 is 65.4 Å². The van der Waals surface area contributed by atoms with E-state index in [2.05, 4.69) is 232 Å². The fourth-order valence-electron chi connectivity index (χ4n) is 12.3. The highest BCUT2D eigenvalue weighted by Crippen LogP contribution is 2.49. The number of aromatic nitrogens is 6. The first-order valence-electron chi connectivity index (χ1n) is 25.5. The van der Waals surface area contributed by atoms with Crippen LogP contribution in [-0.4, -0.2) is 28.7 Å². The lowest BCUT2D eigenvalue weighted by atomic mass is 9.90. The Morgan fingerprint density at radius 1 is 0.301 bits per heavy atom. The molecule has 0 amide bonds. The lowest BCUT2D eigenvalue weighted by molar-refractivity contribution is 0.928. The summed E-state index contributed by atoms with van der Waals surface area (Å²) in [6.45, 7) is 22.4. The topological polar surface area (TPSA) is 53.5 Å². The highest BCUT2D eigenvalue weighted by atomic mass is 15.0. The second kappa shape index (κ2) is 16.5. The highest BCUT2D eigenvalue weighted by molar-refractivity contribution is 6.17. The zero-order valence-corrected chi connectivity index (χ0v) is 43.2. The molecule has 0 aliphatic heterocycles. The van der Waals surface area contributed by atoms with Crippen LogP contribution in [-0.2, 0) is 0 Å².